The normalized spacial score (nSPS) is 19.1. The minimum absolute atomic E-state index is 0.164. The molecule has 0 saturated heterocycles. The van der Waals surface area contributed by atoms with Gasteiger partial charge < -0.3 is 5.73 Å². The smallest absolute Gasteiger partial charge is 0.277 e. The van der Waals surface area contributed by atoms with Crippen molar-refractivity contribution in [1.82, 2.24) is 9.44 Å². The van der Waals surface area contributed by atoms with Crippen LogP contribution in [0.1, 0.15) is 32.6 Å². The van der Waals surface area contributed by atoms with Gasteiger partial charge in [-0.2, -0.15) is 13.1 Å². The van der Waals surface area contributed by atoms with E-state index in [1.165, 1.54) is 0 Å². The fourth-order valence-corrected chi connectivity index (χ4v) is 2.59. The Kier molecular flexibility index (Phi) is 4.98. The van der Waals surface area contributed by atoms with Gasteiger partial charge in [0.05, 0.1) is 0 Å². The average molecular weight is 235 g/mol. The van der Waals surface area contributed by atoms with Crippen molar-refractivity contribution in [2.24, 2.45) is 11.7 Å². The van der Waals surface area contributed by atoms with Crippen molar-refractivity contribution < 1.29 is 8.42 Å². The summed E-state index contributed by atoms with van der Waals surface area (Å²) in [4.78, 5) is 0. The lowest BCUT2D eigenvalue weighted by atomic mass is 10.0. The number of hydrogen-bond acceptors (Lipinski definition) is 3. The molecular formula is C9H21N3O2S. The molecule has 5 nitrogen and oxygen atoms in total. The molecule has 6 heteroatoms. The Balaban J connectivity index is 2.26. The van der Waals surface area contributed by atoms with Gasteiger partial charge in [0.1, 0.15) is 0 Å². The number of hydrogen-bond donors (Lipinski definition) is 3. The molecule has 1 rings (SSSR count). The van der Waals surface area contributed by atoms with Gasteiger partial charge in [0.2, 0.25) is 0 Å². The summed E-state index contributed by atoms with van der Waals surface area (Å²) in [6, 6.07) is 0.164. The summed E-state index contributed by atoms with van der Waals surface area (Å²) in [5.74, 6) is 0.339. The molecular weight excluding hydrogens is 214 g/mol. The largest absolute Gasteiger partial charge is 0.330 e. The van der Waals surface area contributed by atoms with Crippen molar-refractivity contribution in [2.75, 3.05) is 13.1 Å². The van der Waals surface area contributed by atoms with E-state index in [-0.39, 0.29) is 6.04 Å². The van der Waals surface area contributed by atoms with E-state index in [2.05, 4.69) is 9.44 Å². The summed E-state index contributed by atoms with van der Waals surface area (Å²) < 4.78 is 28.1. The van der Waals surface area contributed by atoms with E-state index >= 15 is 0 Å². The second-order valence-corrected chi connectivity index (χ2v) is 5.63. The zero-order valence-corrected chi connectivity index (χ0v) is 10.0. The first-order chi connectivity index (χ1) is 7.07. The van der Waals surface area contributed by atoms with Gasteiger partial charge >= 0.3 is 0 Å². The molecule has 0 radical (unpaired) electrons. The molecule has 0 spiro atoms. The maximum Gasteiger partial charge on any atom is 0.277 e. The van der Waals surface area contributed by atoms with Gasteiger partial charge in [0.25, 0.3) is 10.2 Å². The van der Waals surface area contributed by atoms with Gasteiger partial charge in [-0.3, -0.25) is 0 Å². The molecule has 1 fully saturated rings. The molecule has 15 heavy (non-hydrogen) atoms. The van der Waals surface area contributed by atoms with Crippen LogP contribution in [-0.4, -0.2) is 27.5 Å². The maximum atomic E-state index is 11.5. The highest BCUT2D eigenvalue weighted by Crippen LogP contribution is 2.19. The van der Waals surface area contributed by atoms with E-state index in [9.17, 15) is 8.42 Å². The minimum Gasteiger partial charge on any atom is -0.330 e. The molecule has 1 aliphatic carbocycles. The molecule has 0 aromatic carbocycles. The first-order valence-corrected chi connectivity index (χ1v) is 7.02. The molecule has 0 amide bonds. The lowest BCUT2D eigenvalue weighted by Gasteiger charge is -2.14. The molecule has 90 valence electrons. The van der Waals surface area contributed by atoms with Crippen LogP contribution in [0.5, 0.6) is 0 Å². The van der Waals surface area contributed by atoms with E-state index in [1.807, 2.05) is 6.92 Å². The standard InChI is InChI=1S/C9H21N3O2S/c1-2-8(5-6-10)7-11-15(13,14)12-9-3-4-9/h8-9,11-12H,2-7,10H2,1H3. The number of nitrogens with one attached hydrogen (secondary N) is 2. The molecule has 0 aromatic heterocycles. The Morgan fingerprint density at radius 3 is 2.60 bits per heavy atom. The fraction of sp³-hybridized carbons (Fsp3) is 1.00. The highest BCUT2D eigenvalue weighted by molar-refractivity contribution is 7.87. The molecule has 0 aromatic rings. The summed E-state index contributed by atoms with van der Waals surface area (Å²) in [6.07, 6.45) is 3.73. The van der Waals surface area contributed by atoms with Crippen LogP contribution in [0.15, 0.2) is 0 Å². The molecule has 0 heterocycles. The van der Waals surface area contributed by atoms with Crippen LogP contribution in [0.2, 0.25) is 0 Å². The predicted molar refractivity (Wildman–Crippen MR) is 60.5 cm³/mol. The highest BCUT2D eigenvalue weighted by atomic mass is 32.2. The topological polar surface area (TPSA) is 84.2 Å². The second-order valence-electron chi connectivity index (χ2n) is 4.10. The molecule has 0 bridgehead atoms. The number of rotatable bonds is 8. The van der Waals surface area contributed by atoms with Gasteiger partial charge in [-0.1, -0.05) is 13.3 Å². The third-order valence-corrected chi connectivity index (χ3v) is 3.80. The highest BCUT2D eigenvalue weighted by Gasteiger charge is 2.26. The van der Waals surface area contributed by atoms with E-state index < -0.39 is 10.2 Å². The van der Waals surface area contributed by atoms with Crippen LogP contribution in [0.3, 0.4) is 0 Å². The van der Waals surface area contributed by atoms with Gasteiger partial charge in [-0.05, 0) is 31.7 Å². The van der Waals surface area contributed by atoms with Crippen molar-refractivity contribution >= 4 is 10.2 Å². The third-order valence-electron chi connectivity index (χ3n) is 2.61. The predicted octanol–water partition coefficient (Wildman–Crippen LogP) is -0.0522. The quantitative estimate of drug-likeness (QED) is 0.551. The first kappa shape index (κ1) is 12.9. The molecule has 1 aliphatic rings. The molecule has 0 aliphatic heterocycles. The Labute approximate surface area is 92.0 Å². The summed E-state index contributed by atoms with van der Waals surface area (Å²) in [6.45, 7) is 3.13. The van der Waals surface area contributed by atoms with Crippen molar-refractivity contribution in [1.29, 1.82) is 0 Å². The number of nitrogens with two attached hydrogens (primary N) is 1. The Hall–Kier alpha value is -0.170. The monoisotopic (exact) mass is 235 g/mol. The SMILES string of the molecule is CCC(CCN)CNS(=O)(=O)NC1CC1. The zero-order chi connectivity index (χ0) is 11.3. The third kappa shape index (κ3) is 5.46. The van der Waals surface area contributed by atoms with Gasteiger partial charge in [-0.15, -0.1) is 0 Å². The van der Waals surface area contributed by atoms with Crippen LogP contribution in [-0.2, 0) is 10.2 Å². The first-order valence-electron chi connectivity index (χ1n) is 5.54. The summed E-state index contributed by atoms with van der Waals surface area (Å²) in [7, 11) is -3.28. The maximum absolute atomic E-state index is 11.5. The Morgan fingerprint density at radius 1 is 1.47 bits per heavy atom. The van der Waals surface area contributed by atoms with Crippen LogP contribution >= 0.6 is 0 Å². The summed E-state index contributed by atoms with van der Waals surface area (Å²) in [5.41, 5.74) is 5.44. The van der Waals surface area contributed by atoms with Crippen molar-refractivity contribution in [2.45, 2.75) is 38.6 Å². The fourth-order valence-electron chi connectivity index (χ4n) is 1.38. The van der Waals surface area contributed by atoms with E-state index in [1.54, 1.807) is 0 Å². The van der Waals surface area contributed by atoms with E-state index in [0.29, 0.717) is 19.0 Å². The van der Waals surface area contributed by atoms with Crippen LogP contribution < -0.4 is 15.2 Å². The van der Waals surface area contributed by atoms with Crippen molar-refractivity contribution in [3.8, 4) is 0 Å². The van der Waals surface area contributed by atoms with E-state index in [0.717, 1.165) is 25.7 Å². The molecule has 1 atom stereocenters. The van der Waals surface area contributed by atoms with Crippen molar-refractivity contribution in [3.05, 3.63) is 0 Å². The Bertz CT molecular complexity index is 275. The second kappa shape index (κ2) is 5.79. The minimum atomic E-state index is -3.28. The Morgan fingerprint density at radius 2 is 2.13 bits per heavy atom. The van der Waals surface area contributed by atoms with Crippen LogP contribution in [0.4, 0.5) is 0 Å². The van der Waals surface area contributed by atoms with Gasteiger partial charge in [0, 0.05) is 12.6 Å². The lowest BCUT2D eigenvalue weighted by molar-refractivity contribution is 0.463. The van der Waals surface area contributed by atoms with Crippen LogP contribution in [0.25, 0.3) is 0 Å². The van der Waals surface area contributed by atoms with Gasteiger partial charge in [-0.25, -0.2) is 4.72 Å². The zero-order valence-electron chi connectivity index (χ0n) is 9.20. The average Bonchev–Trinajstić information content (AvgIpc) is 2.95. The van der Waals surface area contributed by atoms with Crippen molar-refractivity contribution in [3.63, 3.8) is 0 Å². The lowest BCUT2D eigenvalue weighted by Crippen LogP contribution is -2.40. The summed E-state index contributed by atoms with van der Waals surface area (Å²) >= 11 is 0. The summed E-state index contributed by atoms with van der Waals surface area (Å²) in [5, 5.41) is 0. The molecule has 4 N–H and O–H groups in total. The van der Waals surface area contributed by atoms with Crippen LogP contribution in [0, 0.1) is 5.92 Å². The van der Waals surface area contributed by atoms with Gasteiger partial charge in [0.15, 0.2) is 0 Å². The molecule has 1 unspecified atom stereocenters. The van der Waals surface area contributed by atoms with E-state index in [4.69, 9.17) is 5.73 Å². The molecule has 1 saturated carbocycles.